The van der Waals surface area contributed by atoms with Crippen molar-refractivity contribution >= 4 is 53.9 Å². The van der Waals surface area contributed by atoms with Crippen molar-refractivity contribution in [3.63, 3.8) is 0 Å². The monoisotopic (exact) mass is 315 g/mol. The van der Waals surface area contributed by atoms with Crippen LogP contribution in [0.4, 0.5) is 5.13 Å². The zero-order valence-corrected chi connectivity index (χ0v) is 12.6. The molecule has 0 saturated heterocycles. The Hall–Kier alpha value is -1.25. The van der Waals surface area contributed by atoms with Gasteiger partial charge in [-0.2, -0.15) is 0 Å². The van der Waals surface area contributed by atoms with Crippen molar-refractivity contribution in [2.75, 3.05) is 4.72 Å². The first-order valence-corrected chi connectivity index (χ1v) is 8.37. The van der Waals surface area contributed by atoms with E-state index < -0.39 is 15.3 Å². The number of fused-ring (bicyclic) bond motifs is 1. The number of hydrogen-bond donors (Lipinski definition) is 2. The normalized spacial score (nSPS) is 13.3. The van der Waals surface area contributed by atoms with Gasteiger partial charge in [0.2, 0.25) is 10.0 Å². The quantitative estimate of drug-likeness (QED) is 0.825. The summed E-state index contributed by atoms with van der Waals surface area (Å²) < 4.78 is 27.6. The number of rotatable bonds is 5. The minimum atomic E-state index is -3.64. The molecule has 2 rings (SSSR count). The second-order valence-corrected chi connectivity index (χ2v) is 7.30. The lowest BCUT2D eigenvalue weighted by molar-refractivity contribution is 0.594. The van der Waals surface area contributed by atoms with Crippen LogP contribution in [0.3, 0.4) is 0 Å². The summed E-state index contributed by atoms with van der Waals surface area (Å²) in [6.45, 7) is 1.72. The van der Waals surface area contributed by atoms with Gasteiger partial charge >= 0.3 is 0 Å². The van der Waals surface area contributed by atoms with Crippen LogP contribution in [0.5, 0.6) is 0 Å². The highest BCUT2D eigenvalue weighted by Crippen LogP contribution is 2.26. The van der Waals surface area contributed by atoms with E-state index in [1.165, 1.54) is 11.3 Å². The van der Waals surface area contributed by atoms with Gasteiger partial charge in [-0.05, 0) is 18.6 Å². The van der Waals surface area contributed by atoms with E-state index >= 15 is 0 Å². The van der Waals surface area contributed by atoms with E-state index in [1.54, 1.807) is 6.92 Å². The van der Waals surface area contributed by atoms with E-state index in [0.717, 1.165) is 10.2 Å². The SMILES string of the molecule is CCC(C(N)=S)S(=O)(=O)Nc1nc2ccccc2s1. The van der Waals surface area contributed by atoms with Gasteiger partial charge in [0.15, 0.2) is 5.13 Å². The second kappa shape index (κ2) is 5.40. The van der Waals surface area contributed by atoms with Crippen LogP contribution in [0.1, 0.15) is 13.3 Å². The van der Waals surface area contributed by atoms with Gasteiger partial charge in [-0.1, -0.05) is 42.6 Å². The Morgan fingerprint density at radius 3 is 2.79 bits per heavy atom. The number of aromatic nitrogens is 1. The van der Waals surface area contributed by atoms with E-state index in [9.17, 15) is 8.42 Å². The summed E-state index contributed by atoms with van der Waals surface area (Å²) >= 11 is 6.06. The lowest BCUT2D eigenvalue weighted by Gasteiger charge is -2.14. The summed E-state index contributed by atoms with van der Waals surface area (Å²) in [6.07, 6.45) is 0.329. The largest absolute Gasteiger partial charge is 0.392 e. The van der Waals surface area contributed by atoms with E-state index in [1.807, 2.05) is 24.3 Å². The minimum Gasteiger partial charge on any atom is -0.392 e. The fraction of sp³-hybridized carbons (Fsp3) is 0.273. The molecule has 0 spiro atoms. The van der Waals surface area contributed by atoms with E-state index in [2.05, 4.69) is 9.71 Å². The molecule has 0 saturated carbocycles. The van der Waals surface area contributed by atoms with Crippen molar-refractivity contribution in [2.45, 2.75) is 18.6 Å². The Bertz CT molecular complexity index is 676. The van der Waals surface area contributed by atoms with Gasteiger partial charge in [0.05, 0.1) is 15.2 Å². The predicted molar refractivity (Wildman–Crippen MR) is 83.0 cm³/mol. The zero-order valence-electron chi connectivity index (χ0n) is 10.2. The van der Waals surface area contributed by atoms with Gasteiger partial charge in [0.1, 0.15) is 5.25 Å². The predicted octanol–water partition coefficient (Wildman–Crippen LogP) is 2.10. The maximum Gasteiger partial charge on any atom is 0.243 e. The van der Waals surface area contributed by atoms with Gasteiger partial charge in [-0.3, -0.25) is 4.72 Å². The zero-order chi connectivity index (χ0) is 14.0. The standard InChI is InChI=1S/C11H13N3O2S3/c1-2-9(10(12)17)19(15,16)14-11-13-7-5-3-4-6-8(7)18-11/h3-6,9H,2H2,1H3,(H2,12,17)(H,13,14). The van der Waals surface area contributed by atoms with Crippen molar-refractivity contribution in [1.29, 1.82) is 0 Å². The fourth-order valence-corrected chi connectivity index (χ4v) is 4.64. The molecule has 1 heterocycles. The molecule has 8 heteroatoms. The lowest BCUT2D eigenvalue weighted by atomic mass is 10.3. The molecule has 0 fully saturated rings. The molecular weight excluding hydrogens is 302 g/mol. The van der Waals surface area contributed by atoms with Gasteiger partial charge in [0.25, 0.3) is 0 Å². The Labute approximate surface area is 120 Å². The highest BCUT2D eigenvalue weighted by Gasteiger charge is 2.27. The number of sulfonamides is 1. The summed E-state index contributed by atoms with van der Waals surface area (Å²) in [5.74, 6) is 0. The number of nitrogens with two attached hydrogens (primary N) is 1. The summed E-state index contributed by atoms with van der Waals surface area (Å²) in [5, 5.41) is -0.551. The van der Waals surface area contributed by atoms with Gasteiger partial charge in [-0.25, -0.2) is 13.4 Å². The first-order chi connectivity index (χ1) is 8.94. The number of anilines is 1. The number of para-hydroxylation sites is 1. The average Bonchev–Trinajstić information content (AvgIpc) is 2.69. The summed E-state index contributed by atoms with van der Waals surface area (Å²) in [5.41, 5.74) is 6.22. The third kappa shape index (κ3) is 3.02. The molecule has 19 heavy (non-hydrogen) atoms. The van der Waals surface area contributed by atoms with Crippen LogP contribution >= 0.6 is 23.6 Å². The van der Waals surface area contributed by atoms with Crippen LogP contribution in [-0.2, 0) is 10.0 Å². The maximum atomic E-state index is 12.1. The van der Waals surface area contributed by atoms with Crippen molar-refractivity contribution < 1.29 is 8.42 Å². The van der Waals surface area contributed by atoms with Gasteiger partial charge in [0, 0.05) is 0 Å². The smallest absolute Gasteiger partial charge is 0.243 e. The number of nitrogens with zero attached hydrogens (tertiary/aromatic N) is 1. The Morgan fingerprint density at radius 1 is 1.53 bits per heavy atom. The van der Waals surface area contributed by atoms with E-state index in [0.29, 0.717) is 11.6 Å². The van der Waals surface area contributed by atoms with Crippen LogP contribution in [0.2, 0.25) is 0 Å². The molecule has 0 bridgehead atoms. The maximum absolute atomic E-state index is 12.1. The molecule has 102 valence electrons. The fourth-order valence-electron chi connectivity index (χ4n) is 1.68. The topological polar surface area (TPSA) is 85.1 Å². The van der Waals surface area contributed by atoms with Crippen molar-refractivity contribution in [2.24, 2.45) is 5.73 Å². The minimum absolute atomic E-state index is 0.0314. The van der Waals surface area contributed by atoms with Gasteiger partial charge in [-0.15, -0.1) is 0 Å². The molecule has 1 aromatic carbocycles. The Morgan fingerprint density at radius 2 is 2.21 bits per heavy atom. The average molecular weight is 315 g/mol. The second-order valence-electron chi connectivity index (χ2n) is 3.93. The number of hydrogen-bond acceptors (Lipinski definition) is 5. The molecule has 1 atom stereocenters. The Balaban J connectivity index is 2.31. The summed E-state index contributed by atoms with van der Waals surface area (Å²) in [4.78, 5) is 4.19. The molecule has 0 aliphatic rings. The molecule has 0 amide bonds. The number of nitrogens with one attached hydrogen (secondary N) is 1. The molecule has 0 aliphatic carbocycles. The third-order valence-corrected chi connectivity index (χ3v) is 5.92. The molecule has 0 aliphatic heterocycles. The molecule has 1 aromatic heterocycles. The van der Waals surface area contributed by atoms with Crippen LogP contribution in [0, 0.1) is 0 Å². The lowest BCUT2D eigenvalue weighted by Crippen LogP contribution is -2.37. The molecule has 2 aromatic rings. The van der Waals surface area contributed by atoms with Crippen molar-refractivity contribution in [3.05, 3.63) is 24.3 Å². The highest BCUT2D eigenvalue weighted by atomic mass is 32.2. The highest BCUT2D eigenvalue weighted by molar-refractivity contribution is 7.95. The van der Waals surface area contributed by atoms with Crippen LogP contribution in [0.25, 0.3) is 10.2 Å². The van der Waals surface area contributed by atoms with E-state index in [-0.39, 0.29) is 4.99 Å². The molecule has 1 unspecified atom stereocenters. The summed E-state index contributed by atoms with van der Waals surface area (Å²) in [6, 6.07) is 7.44. The number of thiazole rings is 1. The van der Waals surface area contributed by atoms with Crippen LogP contribution < -0.4 is 10.5 Å². The van der Waals surface area contributed by atoms with Crippen molar-refractivity contribution in [3.8, 4) is 0 Å². The van der Waals surface area contributed by atoms with Gasteiger partial charge < -0.3 is 5.73 Å². The molecule has 0 radical (unpaired) electrons. The Kier molecular flexibility index (Phi) is 4.02. The van der Waals surface area contributed by atoms with Crippen LogP contribution in [0.15, 0.2) is 24.3 Å². The van der Waals surface area contributed by atoms with Crippen molar-refractivity contribution in [1.82, 2.24) is 4.98 Å². The number of thiocarbonyl (C=S) groups is 1. The summed E-state index contributed by atoms with van der Waals surface area (Å²) in [7, 11) is -3.64. The number of benzene rings is 1. The first-order valence-electron chi connectivity index (χ1n) is 5.60. The molecule has 3 N–H and O–H groups in total. The molecular formula is C11H13N3O2S3. The third-order valence-electron chi connectivity index (χ3n) is 2.59. The van der Waals surface area contributed by atoms with E-state index in [4.69, 9.17) is 18.0 Å². The first kappa shape index (κ1) is 14.2. The molecule has 5 nitrogen and oxygen atoms in total. The van der Waals surface area contributed by atoms with Crippen LogP contribution in [-0.4, -0.2) is 23.6 Å².